The molecule has 0 radical (unpaired) electrons. The maximum atomic E-state index is 3.41. The largest absolute Gasteiger partial charge is 0.0935 e. The summed E-state index contributed by atoms with van der Waals surface area (Å²) >= 11 is 0. The van der Waals surface area contributed by atoms with Crippen molar-refractivity contribution < 1.29 is 0 Å². The topological polar surface area (TPSA) is 0 Å². The van der Waals surface area contributed by atoms with Crippen molar-refractivity contribution in [2.45, 2.75) is 18.8 Å². The standard InChI is InChI=1S/C18H16/c1-18(16-10-6-3-7-11-16)14-17(18)13-12-15-8-4-2-5-9-15/h2-11,17H,14H2,1H3/t17-,18+/m0/s1. The summed E-state index contributed by atoms with van der Waals surface area (Å²) in [6.07, 6.45) is 1.18. The Morgan fingerprint density at radius 2 is 1.56 bits per heavy atom. The van der Waals surface area contributed by atoms with E-state index in [1.807, 2.05) is 18.2 Å². The van der Waals surface area contributed by atoms with Crippen LogP contribution in [0.1, 0.15) is 24.5 Å². The summed E-state index contributed by atoms with van der Waals surface area (Å²) in [5.74, 6) is 7.19. The number of rotatable bonds is 1. The molecular weight excluding hydrogens is 216 g/mol. The van der Waals surface area contributed by atoms with E-state index in [0.717, 1.165) is 5.56 Å². The molecule has 0 bridgehead atoms. The van der Waals surface area contributed by atoms with Crippen molar-refractivity contribution in [1.82, 2.24) is 0 Å². The molecule has 0 aromatic heterocycles. The van der Waals surface area contributed by atoms with Gasteiger partial charge >= 0.3 is 0 Å². The van der Waals surface area contributed by atoms with E-state index < -0.39 is 0 Å². The van der Waals surface area contributed by atoms with Gasteiger partial charge in [-0.15, -0.1) is 0 Å². The lowest BCUT2D eigenvalue weighted by molar-refractivity contribution is 0.746. The third-order valence-corrected chi connectivity index (χ3v) is 3.83. The summed E-state index contributed by atoms with van der Waals surface area (Å²) in [5, 5.41) is 0. The third kappa shape index (κ3) is 2.05. The highest BCUT2D eigenvalue weighted by atomic mass is 14.5. The molecule has 0 saturated heterocycles. The van der Waals surface area contributed by atoms with E-state index in [2.05, 4.69) is 61.2 Å². The van der Waals surface area contributed by atoms with E-state index in [4.69, 9.17) is 0 Å². The Morgan fingerprint density at radius 3 is 2.22 bits per heavy atom. The highest BCUT2D eigenvalue weighted by Crippen LogP contribution is 2.53. The van der Waals surface area contributed by atoms with Gasteiger partial charge in [0.05, 0.1) is 0 Å². The Labute approximate surface area is 109 Å². The van der Waals surface area contributed by atoms with E-state index >= 15 is 0 Å². The fourth-order valence-electron chi connectivity index (χ4n) is 2.41. The summed E-state index contributed by atoms with van der Waals surface area (Å²) < 4.78 is 0. The van der Waals surface area contributed by atoms with Crippen LogP contribution in [0.5, 0.6) is 0 Å². The van der Waals surface area contributed by atoms with Crippen molar-refractivity contribution in [3.05, 3.63) is 71.8 Å². The van der Waals surface area contributed by atoms with Gasteiger partial charge in [-0.3, -0.25) is 0 Å². The molecule has 0 unspecified atom stereocenters. The summed E-state index contributed by atoms with van der Waals surface area (Å²) in [7, 11) is 0. The molecule has 1 aliphatic carbocycles. The Kier molecular flexibility index (Phi) is 2.68. The quantitative estimate of drug-likeness (QED) is 0.651. The highest BCUT2D eigenvalue weighted by Gasteiger charge is 2.50. The maximum Gasteiger partial charge on any atom is 0.0310 e. The van der Waals surface area contributed by atoms with Gasteiger partial charge in [-0.05, 0) is 24.1 Å². The van der Waals surface area contributed by atoms with Gasteiger partial charge < -0.3 is 0 Å². The first-order chi connectivity index (χ1) is 8.79. The second-order valence-electron chi connectivity index (χ2n) is 5.18. The molecule has 2 atom stereocenters. The summed E-state index contributed by atoms with van der Waals surface area (Å²) in [6, 6.07) is 20.9. The van der Waals surface area contributed by atoms with Gasteiger partial charge in [0.25, 0.3) is 0 Å². The average molecular weight is 232 g/mol. The zero-order valence-electron chi connectivity index (χ0n) is 10.6. The predicted octanol–water partition coefficient (Wildman–Crippen LogP) is 4.02. The summed E-state index contributed by atoms with van der Waals surface area (Å²) in [6.45, 7) is 2.31. The van der Waals surface area contributed by atoms with Crippen LogP contribution in [0.3, 0.4) is 0 Å². The monoisotopic (exact) mass is 232 g/mol. The van der Waals surface area contributed by atoms with Crippen molar-refractivity contribution in [3.8, 4) is 11.8 Å². The zero-order valence-corrected chi connectivity index (χ0v) is 10.6. The molecule has 0 heteroatoms. The Hall–Kier alpha value is -2.00. The third-order valence-electron chi connectivity index (χ3n) is 3.83. The molecule has 0 heterocycles. The first kappa shape index (κ1) is 11.1. The molecule has 3 rings (SSSR count). The molecule has 0 N–H and O–H groups in total. The van der Waals surface area contributed by atoms with Crippen molar-refractivity contribution in [2.24, 2.45) is 5.92 Å². The van der Waals surface area contributed by atoms with Gasteiger partial charge in [-0.25, -0.2) is 0 Å². The van der Waals surface area contributed by atoms with Crippen LogP contribution in [-0.4, -0.2) is 0 Å². The molecule has 0 nitrogen and oxygen atoms in total. The Balaban J connectivity index is 1.77. The van der Waals surface area contributed by atoms with Crippen LogP contribution >= 0.6 is 0 Å². The number of hydrogen-bond acceptors (Lipinski definition) is 0. The maximum absolute atomic E-state index is 3.41. The van der Waals surface area contributed by atoms with Gasteiger partial charge in [0, 0.05) is 16.9 Å². The number of hydrogen-bond donors (Lipinski definition) is 0. The van der Waals surface area contributed by atoms with Crippen molar-refractivity contribution in [2.75, 3.05) is 0 Å². The first-order valence-electron chi connectivity index (χ1n) is 6.41. The molecule has 0 spiro atoms. The van der Waals surface area contributed by atoms with Crippen molar-refractivity contribution in [1.29, 1.82) is 0 Å². The van der Waals surface area contributed by atoms with Crippen LogP contribution < -0.4 is 0 Å². The summed E-state index contributed by atoms with van der Waals surface area (Å²) in [4.78, 5) is 0. The summed E-state index contributed by atoms with van der Waals surface area (Å²) in [5.41, 5.74) is 2.79. The minimum absolute atomic E-state index is 0.267. The minimum Gasteiger partial charge on any atom is -0.0935 e. The van der Waals surface area contributed by atoms with Crippen molar-refractivity contribution >= 4 is 0 Å². The van der Waals surface area contributed by atoms with E-state index in [1.165, 1.54) is 12.0 Å². The fourth-order valence-corrected chi connectivity index (χ4v) is 2.41. The first-order valence-corrected chi connectivity index (χ1v) is 6.41. The lowest BCUT2D eigenvalue weighted by atomic mass is 9.96. The van der Waals surface area contributed by atoms with Gasteiger partial charge in [0.1, 0.15) is 0 Å². The Morgan fingerprint density at radius 1 is 0.944 bits per heavy atom. The molecular formula is C18H16. The average Bonchev–Trinajstić information content (AvgIpc) is 3.11. The van der Waals surface area contributed by atoms with Gasteiger partial charge in [0.15, 0.2) is 0 Å². The molecule has 88 valence electrons. The predicted molar refractivity (Wildman–Crippen MR) is 75.2 cm³/mol. The lowest BCUT2D eigenvalue weighted by Crippen LogP contribution is -2.02. The molecule has 0 aliphatic heterocycles. The van der Waals surface area contributed by atoms with Gasteiger partial charge in [-0.1, -0.05) is 67.3 Å². The van der Waals surface area contributed by atoms with Crippen LogP contribution in [0.15, 0.2) is 60.7 Å². The molecule has 1 fully saturated rings. The van der Waals surface area contributed by atoms with Crippen LogP contribution in [0.25, 0.3) is 0 Å². The van der Waals surface area contributed by atoms with Crippen LogP contribution in [-0.2, 0) is 5.41 Å². The van der Waals surface area contributed by atoms with E-state index in [9.17, 15) is 0 Å². The van der Waals surface area contributed by atoms with E-state index in [0.29, 0.717) is 5.92 Å². The molecule has 2 aromatic carbocycles. The number of benzene rings is 2. The van der Waals surface area contributed by atoms with Gasteiger partial charge in [0.2, 0.25) is 0 Å². The fraction of sp³-hybridized carbons (Fsp3) is 0.222. The molecule has 2 aromatic rings. The van der Waals surface area contributed by atoms with Crippen LogP contribution in [0, 0.1) is 17.8 Å². The second-order valence-corrected chi connectivity index (χ2v) is 5.18. The minimum atomic E-state index is 0.267. The smallest absolute Gasteiger partial charge is 0.0310 e. The van der Waals surface area contributed by atoms with Crippen LogP contribution in [0.2, 0.25) is 0 Å². The molecule has 0 amide bonds. The normalized spacial score (nSPS) is 25.1. The Bertz CT molecular complexity index is 586. The molecule has 1 aliphatic rings. The highest BCUT2D eigenvalue weighted by molar-refractivity contribution is 5.41. The van der Waals surface area contributed by atoms with E-state index in [1.54, 1.807) is 0 Å². The lowest BCUT2D eigenvalue weighted by Gasteiger charge is -2.08. The second kappa shape index (κ2) is 4.35. The zero-order chi connectivity index (χ0) is 12.4. The molecule has 18 heavy (non-hydrogen) atoms. The van der Waals surface area contributed by atoms with E-state index in [-0.39, 0.29) is 5.41 Å². The SMILES string of the molecule is C[C@]1(c2ccccc2)C[C@@H]1C#Cc1ccccc1. The van der Waals surface area contributed by atoms with Gasteiger partial charge in [-0.2, -0.15) is 0 Å². The molecule has 1 saturated carbocycles. The van der Waals surface area contributed by atoms with Crippen molar-refractivity contribution in [3.63, 3.8) is 0 Å². The van der Waals surface area contributed by atoms with Crippen LogP contribution in [0.4, 0.5) is 0 Å².